The van der Waals surface area contributed by atoms with E-state index in [1.165, 1.54) is 11.3 Å². The molecule has 0 fully saturated rings. The van der Waals surface area contributed by atoms with Crippen LogP contribution in [0.4, 0.5) is 11.4 Å². The molecule has 2 N–H and O–H groups in total. The van der Waals surface area contributed by atoms with Gasteiger partial charge in [0, 0.05) is 23.3 Å². The van der Waals surface area contributed by atoms with Crippen molar-refractivity contribution in [2.45, 2.75) is 17.7 Å². The van der Waals surface area contributed by atoms with Gasteiger partial charge in [-0.25, -0.2) is 0 Å². The summed E-state index contributed by atoms with van der Waals surface area (Å²) >= 11 is 1.60. The van der Waals surface area contributed by atoms with Crippen molar-refractivity contribution in [1.82, 2.24) is 4.90 Å². The van der Waals surface area contributed by atoms with Crippen molar-refractivity contribution in [2.24, 2.45) is 0 Å². The van der Waals surface area contributed by atoms with Crippen LogP contribution in [0.5, 0.6) is 11.5 Å². The summed E-state index contributed by atoms with van der Waals surface area (Å²) in [7, 11) is 6.21. The fourth-order valence-corrected chi connectivity index (χ4v) is 3.63. The number of rotatable bonds is 10. The monoisotopic (exact) mass is 407 g/mol. The highest BCUT2D eigenvalue weighted by Gasteiger charge is 2.05. The van der Waals surface area contributed by atoms with Gasteiger partial charge in [0.25, 0.3) is 0 Å². The molecular weight excluding hydrogens is 378 g/mol. The average molecular weight is 408 g/mol. The van der Waals surface area contributed by atoms with E-state index >= 15 is 0 Å². The van der Waals surface area contributed by atoms with Crippen LogP contribution >= 0.6 is 11.9 Å². The molecule has 4 nitrogen and oxygen atoms in total. The molecule has 0 aromatic heterocycles. The minimum absolute atomic E-state index is 0.833. The Hall–Kier alpha value is -2.63. The SMILES string of the molecule is CNc1cc(NSc2ccc(Oc3ccccc3)cc2)ccc1CCCN(C)C. The summed E-state index contributed by atoms with van der Waals surface area (Å²) in [6.45, 7) is 1.10. The quantitative estimate of drug-likeness (QED) is 0.395. The van der Waals surface area contributed by atoms with Crippen molar-refractivity contribution in [3.63, 3.8) is 0 Å². The molecule has 0 spiro atoms. The molecular formula is C24H29N3OS. The van der Waals surface area contributed by atoms with Crippen LogP contribution in [0.2, 0.25) is 0 Å². The smallest absolute Gasteiger partial charge is 0.127 e. The summed E-state index contributed by atoms with van der Waals surface area (Å²) in [5.74, 6) is 1.68. The van der Waals surface area contributed by atoms with Gasteiger partial charge in [0.1, 0.15) is 11.5 Å². The van der Waals surface area contributed by atoms with Gasteiger partial charge in [-0.2, -0.15) is 0 Å². The Labute approximate surface area is 178 Å². The van der Waals surface area contributed by atoms with Crippen LogP contribution in [0.1, 0.15) is 12.0 Å². The number of nitrogens with zero attached hydrogens (tertiary/aromatic N) is 1. The zero-order valence-corrected chi connectivity index (χ0v) is 18.1. The molecule has 0 atom stereocenters. The first-order valence-electron chi connectivity index (χ1n) is 9.85. The first-order valence-corrected chi connectivity index (χ1v) is 10.7. The Kier molecular flexibility index (Phi) is 7.85. The zero-order chi connectivity index (χ0) is 20.5. The van der Waals surface area contributed by atoms with E-state index in [9.17, 15) is 0 Å². The van der Waals surface area contributed by atoms with Gasteiger partial charge < -0.3 is 19.7 Å². The standard InChI is InChI=1S/C24H29N3OS/c1-25-24-18-20(12-11-19(24)8-7-17-27(2)3)26-29-23-15-13-22(14-16-23)28-21-9-5-4-6-10-21/h4-6,9-16,18,25-26H,7-8,17H2,1-3H3. The van der Waals surface area contributed by atoms with E-state index < -0.39 is 0 Å². The molecule has 0 unspecified atom stereocenters. The van der Waals surface area contributed by atoms with Crippen LogP contribution in [-0.4, -0.2) is 32.6 Å². The Morgan fingerprint density at radius 2 is 1.62 bits per heavy atom. The van der Waals surface area contributed by atoms with Gasteiger partial charge in [-0.1, -0.05) is 24.3 Å². The van der Waals surface area contributed by atoms with Crippen molar-refractivity contribution in [3.8, 4) is 11.5 Å². The molecule has 3 aromatic rings. The van der Waals surface area contributed by atoms with Crippen LogP contribution in [0.15, 0.2) is 77.7 Å². The average Bonchev–Trinajstić information content (AvgIpc) is 2.74. The van der Waals surface area contributed by atoms with Gasteiger partial charge in [0.15, 0.2) is 0 Å². The number of para-hydroxylation sites is 1. The Balaban J connectivity index is 1.55. The van der Waals surface area contributed by atoms with Crippen LogP contribution in [0.3, 0.4) is 0 Å². The molecule has 3 aromatic carbocycles. The van der Waals surface area contributed by atoms with E-state index in [1.54, 1.807) is 11.9 Å². The molecule has 0 amide bonds. The van der Waals surface area contributed by atoms with Gasteiger partial charge in [0.05, 0.1) is 0 Å². The summed E-state index contributed by atoms with van der Waals surface area (Å²) < 4.78 is 9.28. The predicted octanol–water partition coefficient (Wildman–Crippen LogP) is 6.13. The molecule has 0 aliphatic heterocycles. The topological polar surface area (TPSA) is 36.5 Å². The number of nitrogens with one attached hydrogen (secondary N) is 2. The van der Waals surface area contributed by atoms with E-state index in [1.807, 2.05) is 49.5 Å². The Morgan fingerprint density at radius 3 is 2.31 bits per heavy atom. The highest BCUT2D eigenvalue weighted by molar-refractivity contribution is 8.00. The van der Waals surface area contributed by atoms with E-state index in [0.29, 0.717) is 0 Å². The third kappa shape index (κ3) is 6.73. The predicted molar refractivity (Wildman–Crippen MR) is 125 cm³/mol. The second-order valence-corrected chi connectivity index (χ2v) is 8.00. The fraction of sp³-hybridized carbons (Fsp3) is 0.250. The van der Waals surface area contributed by atoms with E-state index in [4.69, 9.17) is 4.74 Å². The number of anilines is 2. The number of hydrogen-bond acceptors (Lipinski definition) is 5. The maximum atomic E-state index is 5.85. The first-order chi connectivity index (χ1) is 14.1. The molecule has 29 heavy (non-hydrogen) atoms. The van der Waals surface area contributed by atoms with E-state index in [-0.39, 0.29) is 0 Å². The molecule has 5 heteroatoms. The normalized spacial score (nSPS) is 10.8. The van der Waals surface area contributed by atoms with Gasteiger partial charge >= 0.3 is 0 Å². The van der Waals surface area contributed by atoms with Crippen LogP contribution < -0.4 is 14.8 Å². The molecule has 0 bridgehead atoms. The molecule has 0 radical (unpaired) electrons. The molecule has 3 rings (SSSR count). The molecule has 0 aliphatic carbocycles. The third-order valence-corrected chi connectivity index (χ3v) is 5.37. The maximum Gasteiger partial charge on any atom is 0.127 e. The van der Waals surface area contributed by atoms with Crippen molar-refractivity contribution in [2.75, 3.05) is 37.7 Å². The second kappa shape index (κ2) is 10.8. The molecule has 0 saturated heterocycles. The summed E-state index contributed by atoms with van der Waals surface area (Å²) in [6.07, 6.45) is 2.23. The summed E-state index contributed by atoms with van der Waals surface area (Å²) in [6, 6.07) is 24.4. The third-order valence-electron chi connectivity index (χ3n) is 4.52. The van der Waals surface area contributed by atoms with E-state index in [0.717, 1.165) is 41.5 Å². The molecule has 0 saturated carbocycles. The Bertz CT molecular complexity index is 882. The zero-order valence-electron chi connectivity index (χ0n) is 17.3. The Morgan fingerprint density at radius 1 is 0.897 bits per heavy atom. The lowest BCUT2D eigenvalue weighted by Crippen LogP contribution is -2.13. The molecule has 0 heterocycles. The summed E-state index contributed by atoms with van der Waals surface area (Å²) in [5.41, 5.74) is 3.62. The maximum absolute atomic E-state index is 5.85. The van der Waals surface area contributed by atoms with Crippen molar-refractivity contribution < 1.29 is 4.74 Å². The lowest BCUT2D eigenvalue weighted by molar-refractivity contribution is 0.400. The molecule has 152 valence electrons. The van der Waals surface area contributed by atoms with Crippen LogP contribution in [0.25, 0.3) is 0 Å². The number of benzene rings is 3. The number of hydrogen-bond donors (Lipinski definition) is 2. The van der Waals surface area contributed by atoms with Crippen molar-refractivity contribution >= 4 is 23.3 Å². The van der Waals surface area contributed by atoms with Crippen molar-refractivity contribution in [3.05, 3.63) is 78.4 Å². The summed E-state index contributed by atoms with van der Waals surface area (Å²) in [4.78, 5) is 3.35. The van der Waals surface area contributed by atoms with E-state index in [2.05, 4.69) is 59.4 Å². The van der Waals surface area contributed by atoms with Gasteiger partial charge in [-0.15, -0.1) is 0 Å². The van der Waals surface area contributed by atoms with Gasteiger partial charge in [-0.3, -0.25) is 0 Å². The first kappa shape index (κ1) is 21.1. The highest BCUT2D eigenvalue weighted by atomic mass is 32.2. The number of ether oxygens (including phenoxy) is 1. The van der Waals surface area contributed by atoms with Crippen molar-refractivity contribution in [1.29, 1.82) is 0 Å². The van der Waals surface area contributed by atoms with Crippen LogP contribution in [0, 0.1) is 0 Å². The van der Waals surface area contributed by atoms with Gasteiger partial charge in [-0.05, 0) is 99.5 Å². The summed E-state index contributed by atoms with van der Waals surface area (Å²) in [5, 5.41) is 3.32. The fourth-order valence-electron chi connectivity index (χ4n) is 2.99. The second-order valence-electron chi connectivity index (χ2n) is 7.12. The van der Waals surface area contributed by atoms with Gasteiger partial charge in [0.2, 0.25) is 0 Å². The largest absolute Gasteiger partial charge is 0.457 e. The lowest BCUT2D eigenvalue weighted by Gasteiger charge is -2.14. The highest BCUT2D eigenvalue weighted by Crippen LogP contribution is 2.28. The lowest BCUT2D eigenvalue weighted by atomic mass is 10.1. The number of aryl methyl sites for hydroxylation is 1. The van der Waals surface area contributed by atoms with Crippen LogP contribution in [-0.2, 0) is 6.42 Å². The minimum Gasteiger partial charge on any atom is -0.457 e. The molecule has 0 aliphatic rings. The minimum atomic E-state index is 0.833.